The van der Waals surface area contributed by atoms with Crippen LogP contribution in [0.3, 0.4) is 0 Å². The summed E-state index contributed by atoms with van der Waals surface area (Å²) in [6.07, 6.45) is 0. The Balaban J connectivity index is 1.34. The number of hydrogen-bond acceptors (Lipinski definition) is 6. The Morgan fingerprint density at radius 2 is 1.61 bits per heavy atom. The molecule has 4 rings (SSSR count). The Morgan fingerprint density at radius 1 is 1.00 bits per heavy atom. The number of thiazole rings is 1. The molecule has 0 aliphatic carbocycles. The van der Waals surface area contributed by atoms with Crippen LogP contribution in [0.25, 0.3) is 11.3 Å². The van der Waals surface area contributed by atoms with Crippen LogP contribution in [0, 0.1) is 0 Å². The first-order chi connectivity index (χ1) is 14.9. The van der Waals surface area contributed by atoms with E-state index in [0.29, 0.717) is 26.2 Å². The summed E-state index contributed by atoms with van der Waals surface area (Å²) in [4.78, 5) is 19.6. The van der Waals surface area contributed by atoms with Crippen LogP contribution in [0.2, 0.25) is 0 Å². The molecule has 0 N–H and O–H groups in total. The molecule has 0 spiro atoms. The number of nitrogens with zero attached hydrogens (tertiary/aromatic N) is 3. The minimum atomic E-state index is -3.52. The first-order valence-corrected chi connectivity index (χ1v) is 13.2. The van der Waals surface area contributed by atoms with E-state index < -0.39 is 10.0 Å². The third-order valence-corrected chi connectivity index (χ3v) is 9.08. The Kier molecular flexibility index (Phi) is 6.76. The van der Waals surface area contributed by atoms with E-state index >= 15 is 0 Å². The number of hydrogen-bond donors (Lipinski definition) is 0. The van der Waals surface area contributed by atoms with Gasteiger partial charge in [-0.3, -0.25) is 4.79 Å². The topological polar surface area (TPSA) is 70.6 Å². The number of carbonyl (C=O) groups is 1. The maximum Gasteiger partial charge on any atom is 0.243 e. The normalized spacial score (nSPS) is 16.2. The number of piperazine rings is 1. The highest BCUT2D eigenvalue weighted by Crippen LogP contribution is 2.31. The summed E-state index contributed by atoms with van der Waals surface area (Å²) in [6.45, 7) is 3.26. The highest BCUT2D eigenvalue weighted by molar-refractivity contribution is 8.02. The first kappa shape index (κ1) is 22.0. The molecule has 1 fully saturated rings. The summed E-state index contributed by atoms with van der Waals surface area (Å²) in [7, 11) is -3.52. The van der Waals surface area contributed by atoms with E-state index in [1.165, 1.54) is 27.4 Å². The average Bonchev–Trinajstić information content (AvgIpc) is 3.28. The molecular weight excluding hydrogens is 450 g/mol. The second-order valence-corrected chi connectivity index (χ2v) is 11.6. The molecule has 1 saturated heterocycles. The highest BCUT2D eigenvalue weighted by atomic mass is 32.2. The van der Waals surface area contributed by atoms with Crippen molar-refractivity contribution in [2.45, 2.75) is 21.4 Å². The second-order valence-electron chi connectivity index (χ2n) is 7.17. The number of carbonyl (C=O) groups excluding carboxylic acids is 1. The van der Waals surface area contributed by atoms with Crippen molar-refractivity contribution < 1.29 is 13.2 Å². The van der Waals surface area contributed by atoms with Crippen LogP contribution in [0.15, 0.2) is 75.3 Å². The fraction of sp³-hybridized carbons (Fsp3) is 0.273. The molecule has 1 aliphatic heterocycles. The predicted octanol–water partition coefficient (Wildman–Crippen LogP) is 3.82. The van der Waals surface area contributed by atoms with Gasteiger partial charge in [0.1, 0.15) is 0 Å². The van der Waals surface area contributed by atoms with Gasteiger partial charge in [0, 0.05) is 37.1 Å². The van der Waals surface area contributed by atoms with E-state index in [-0.39, 0.29) is 16.1 Å². The molecule has 9 heteroatoms. The van der Waals surface area contributed by atoms with E-state index in [9.17, 15) is 13.2 Å². The molecular formula is C22H23N3O3S3. The summed E-state index contributed by atoms with van der Waals surface area (Å²) in [5.41, 5.74) is 1.97. The van der Waals surface area contributed by atoms with Gasteiger partial charge in [-0.2, -0.15) is 4.31 Å². The van der Waals surface area contributed by atoms with E-state index in [1.54, 1.807) is 35.2 Å². The molecule has 31 heavy (non-hydrogen) atoms. The molecule has 3 aromatic rings. The van der Waals surface area contributed by atoms with E-state index in [0.717, 1.165) is 15.6 Å². The van der Waals surface area contributed by atoms with Crippen LogP contribution in [-0.4, -0.2) is 59.9 Å². The monoisotopic (exact) mass is 473 g/mol. The lowest BCUT2D eigenvalue weighted by Crippen LogP contribution is -2.52. The van der Waals surface area contributed by atoms with Crippen molar-refractivity contribution >= 4 is 39.0 Å². The molecule has 2 heterocycles. The van der Waals surface area contributed by atoms with Gasteiger partial charge in [0.15, 0.2) is 4.34 Å². The van der Waals surface area contributed by atoms with Gasteiger partial charge in [-0.1, -0.05) is 60.3 Å². The third-order valence-electron chi connectivity index (χ3n) is 5.11. The van der Waals surface area contributed by atoms with Crippen molar-refractivity contribution in [1.82, 2.24) is 14.2 Å². The van der Waals surface area contributed by atoms with Crippen molar-refractivity contribution in [3.05, 3.63) is 66.0 Å². The zero-order valence-corrected chi connectivity index (χ0v) is 19.5. The third kappa shape index (κ3) is 5.01. The molecule has 1 aliphatic rings. The van der Waals surface area contributed by atoms with Crippen molar-refractivity contribution in [2.75, 3.05) is 26.2 Å². The van der Waals surface area contributed by atoms with Crippen molar-refractivity contribution in [3.63, 3.8) is 0 Å². The van der Waals surface area contributed by atoms with E-state index in [4.69, 9.17) is 0 Å². The number of thioether (sulfide) groups is 1. The Hall–Kier alpha value is -2.20. The van der Waals surface area contributed by atoms with Crippen molar-refractivity contribution in [3.8, 4) is 11.3 Å². The average molecular weight is 474 g/mol. The van der Waals surface area contributed by atoms with Gasteiger partial charge < -0.3 is 4.90 Å². The fourth-order valence-electron chi connectivity index (χ4n) is 3.40. The molecule has 162 valence electrons. The van der Waals surface area contributed by atoms with Crippen LogP contribution < -0.4 is 0 Å². The van der Waals surface area contributed by atoms with E-state index in [2.05, 4.69) is 4.98 Å². The first-order valence-electron chi connectivity index (χ1n) is 9.97. The van der Waals surface area contributed by atoms with Gasteiger partial charge in [0.25, 0.3) is 0 Å². The van der Waals surface area contributed by atoms with Crippen LogP contribution in [0.4, 0.5) is 0 Å². The Bertz CT molecular complexity index is 1130. The minimum absolute atomic E-state index is 0.0122. The summed E-state index contributed by atoms with van der Waals surface area (Å²) in [6, 6.07) is 18.4. The highest BCUT2D eigenvalue weighted by Gasteiger charge is 2.31. The number of rotatable bonds is 6. The zero-order valence-electron chi connectivity index (χ0n) is 17.0. The Labute approximate surface area is 191 Å². The van der Waals surface area contributed by atoms with Gasteiger partial charge in [0.2, 0.25) is 15.9 Å². The molecule has 1 amide bonds. The number of benzene rings is 2. The van der Waals surface area contributed by atoms with E-state index in [1.807, 2.05) is 42.6 Å². The summed E-state index contributed by atoms with van der Waals surface area (Å²) in [5.74, 6) is 0.0122. The predicted molar refractivity (Wildman–Crippen MR) is 125 cm³/mol. The van der Waals surface area contributed by atoms with Crippen LogP contribution in [-0.2, 0) is 14.8 Å². The molecule has 6 nitrogen and oxygen atoms in total. The second kappa shape index (κ2) is 9.52. The molecule has 0 saturated carbocycles. The fourth-order valence-corrected chi connectivity index (χ4v) is 6.90. The summed E-state index contributed by atoms with van der Waals surface area (Å²) in [5, 5.41) is 1.72. The lowest BCUT2D eigenvalue weighted by atomic mass is 10.2. The number of aromatic nitrogens is 1. The number of amides is 1. The van der Waals surface area contributed by atoms with Crippen LogP contribution in [0.1, 0.15) is 6.92 Å². The molecule has 1 unspecified atom stereocenters. The zero-order chi connectivity index (χ0) is 21.8. The van der Waals surface area contributed by atoms with Crippen LogP contribution >= 0.6 is 23.1 Å². The quantitative estimate of drug-likeness (QED) is 0.509. The standard InChI is InChI=1S/C22H23N3O3S3/c1-17(30-22-23-20(16-29-22)18-8-4-2-5-9-18)21(26)24-12-14-25(15-13-24)31(27,28)19-10-6-3-7-11-19/h2-11,16-17H,12-15H2,1H3. The van der Waals surface area contributed by atoms with Gasteiger partial charge in [0.05, 0.1) is 15.8 Å². The van der Waals surface area contributed by atoms with Gasteiger partial charge >= 0.3 is 0 Å². The largest absolute Gasteiger partial charge is 0.339 e. The summed E-state index contributed by atoms with van der Waals surface area (Å²) >= 11 is 2.98. The van der Waals surface area contributed by atoms with Gasteiger partial charge in [-0.15, -0.1) is 11.3 Å². The van der Waals surface area contributed by atoms with Crippen molar-refractivity contribution in [1.29, 1.82) is 0 Å². The molecule has 1 atom stereocenters. The number of sulfonamides is 1. The minimum Gasteiger partial charge on any atom is -0.339 e. The lowest BCUT2D eigenvalue weighted by Gasteiger charge is -2.35. The van der Waals surface area contributed by atoms with Crippen molar-refractivity contribution in [2.24, 2.45) is 0 Å². The SMILES string of the molecule is CC(Sc1nc(-c2ccccc2)cs1)C(=O)N1CCN(S(=O)(=O)c2ccccc2)CC1. The smallest absolute Gasteiger partial charge is 0.243 e. The lowest BCUT2D eigenvalue weighted by molar-refractivity contribution is -0.131. The Morgan fingerprint density at radius 3 is 2.26 bits per heavy atom. The van der Waals surface area contributed by atoms with Gasteiger partial charge in [-0.25, -0.2) is 13.4 Å². The van der Waals surface area contributed by atoms with Crippen LogP contribution in [0.5, 0.6) is 0 Å². The summed E-state index contributed by atoms with van der Waals surface area (Å²) < 4.78 is 27.8. The maximum absolute atomic E-state index is 12.9. The molecule has 1 aromatic heterocycles. The molecule has 0 radical (unpaired) electrons. The molecule has 2 aromatic carbocycles. The van der Waals surface area contributed by atoms with Gasteiger partial charge in [-0.05, 0) is 19.1 Å². The molecule has 0 bridgehead atoms. The maximum atomic E-state index is 12.9.